The Balaban J connectivity index is 4.10. The molecule has 0 aliphatic rings. The molecule has 0 amide bonds. The van der Waals surface area contributed by atoms with E-state index in [2.05, 4.69) is 0 Å². The molecule has 0 saturated carbocycles. The minimum atomic E-state index is -4.91. The van der Waals surface area contributed by atoms with Crippen molar-refractivity contribution in [2.24, 2.45) is 5.92 Å². The van der Waals surface area contributed by atoms with E-state index in [0.29, 0.717) is 0 Å². The molecule has 1 atom stereocenters. The third-order valence-electron chi connectivity index (χ3n) is 1.03. The van der Waals surface area contributed by atoms with Crippen molar-refractivity contribution < 1.29 is 26.9 Å². The maximum atomic E-state index is 10.3. The zero-order valence-electron chi connectivity index (χ0n) is 5.54. The van der Waals surface area contributed by atoms with Gasteiger partial charge in [0, 0.05) is 0 Å². The summed E-state index contributed by atoms with van der Waals surface area (Å²) in [5.74, 6) is -2.74. The van der Waals surface area contributed by atoms with E-state index in [-0.39, 0.29) is 0 Å². The molecule has 0 rings (SSSR count). The van der Waals surface area contributed by atoms with Crippen LogP contribution in [0.2, 0.25) is 5.21 Å². The number of aliphatic hydroxyl groups is 1. The number of aliphatic hydroxyl groups excluding tert-OH is 1. The van der Waals surface area contributed by atoms with E-state index >= 15 is 0 Å². The molecule has 6 nitrogen and oxygen atoms in total. The van der Waals surface area contributed by atoms with E-state index < -0.39 is 37.9 Å². The van der Waals surface area contributed by atoms with Crippen molar-refractivity contribution in [3.05, 3.63) is 0 Å². The molecule has 0 radical (unpaired) electrons. The van der Waals surface area contributed by atoms with Gasteiger partial charge in [0.25, 0.3) is 0 Å². The van der Waals surface area contributed by atoms with E-state index in [1.54, 1.807) is 0 Å². The van der Waals surface area contributed by atoms with Gasteiger partial charge in [-0.2, -0.15) is 0 Å². The van der Waals surface area contributed by atoms with E-state index in [4.69, 9.17) is 18.4 Å². The second-order valence-electron chi connectivity index (χ2n) is 2.06. The van der Waals surface area contributed by atoms with Crippen LogP contribution in [0.25, 0.3) is 0 Å². The quantitative estimate of drug-likeness (QED) is 0.415. The fraction of sp³-hybridized carbons (Fsp3) is 0.750. The molecule has 0 spiro atoms. The third-order valence-corrected chi connectivity index (χ3v) is 2.95. The minimum absolute atomic E-state index is 0.748. The van der Waals surface area contributed by atoms with Crippen LogP contribution in [-0.4, -0.2) is 45.2 Å². The number of carboxylic acid groups (broad SMARTS) is 1. The summed E-state index contributed by atoms with van der Waals surface area (Å²) in [5.41, 5.74) is 0. The van der Waals surface area contributed by atoms with Gasteiger partial charge in [0.2, 0.25) is 0 Å². The average Bonchev–Trinajstić information content (AvgIpc) is 1.80. The van der Waals surface area contributed by atoms with E-state index in [1.807, 2.05) is 0 Å². The van der Waals surface area contributed by atoms with Crippen molar-refractivity contribution in [1.82, 2.24) is 0 Å². The molecule has 0 bridgehead atoms. The zero-order chi connectivity index (χ0) is 9.07. The third kappa shape index (κ3) is 5.03. The number of hydrogen-bond acceptors (Lipinski definition) is 3. The van der Waals surface area contributed by atoms with Crippen molar-refractivity contribution in [2.45, 2.75) is 5.21 Å². The van der Waals surface area contributed by atoms with Crippen LogP contribution in [0.4, 0.5) is 0 Å². The van der Waals surface area contributed by atoms with Gasteiger partial charge in [-0.05, 0) is 0 Å². The summed E-state index contributed by atoms with van der Waals surface area (Å²) in [6, 6.07) is 0. The Bertz CT molecular complexity index is 183. The summed E-state index contributed by atoms with van der Waals surface area (Å²) in [6.45, 7) is -0.748. The second-order valence-corrected chi connectivity index (χ2v) is 5.62. The van der Waals surface area contributed by atoms with Gasteiger partial charge in [0.15, 0.2) is 0 Å². The van der Waals surface area contributed by atoms with Gasteiger partial charge >= 0.3 is 64.8 Å². The summed E-state index contributed by atoms with van der Waals surface area (Å²) in [4.78, 5) is 10.1. The molecule has 0 aromatic heterocycles. The first kappa shape index (κ1) is 10.7. The molecule has 0 fully saturated rings. The molecule has 0 saturated heterocycles. The Morgan fingerprint density at radius 1 is 1.45 bits per heavy atom. The Kier molecular flexibility index (Phi) is 3.81. The maximum absolute atomic E-state index is 10.3. The van der Waals surface area contributed by atoms with Crippen LogP contribution >= 0.6 is 0 Å². The van der Waals surface area contributed by atoms with Crippen LogP contribution in [0.1, 0.15) is 0 Å². The van der Waals surface area contributed by atoms with Crippen molar-refractivity contribution in [2.75, 3.05) is 6.61 Å². The van der Waals surface area contributed by atoms with Gasteiger partial charge in [-0.25, -0.2) is 0 Å². The van der Waals surface area contributed by atoms with Gasteiger partial charge in [0.1, 0.15) is 0 Å². The summed E-state index contributed by atoms with van der Waals surface area (Å²) in [5, 5.41) is 15.8. The predicted molar refractivity (Wildman–Crippen MR) is 33.9 cm³/mol. The summed E-state index contributed by atoms with van der Waals surface area (Å²) in [7, 11) is 0. The summed E-state index contributed by atoms with van der Waals surface area (Å²) in [6.07, 6.45) is 0. The van der Waals surface area contributed by atoms with Gasteiger partial charge < -0.3 is 0 Å². The Morgan fingerprint density at radius 3 is 2.00 bits per heavy atom. The standard InChI is InChI=1S/C4H9AsO6/c6-2-3(4(7)8)1-5(9,10)11/h3,6H,1-2H2,(H,7,8)(H2,9,10,11). The van der Waals surface area contributed by atoms with Crippen LogP contribution in [0.15, 0.2) is 0 Å². The number of rotatable bonds is 4. The molecule has 66 valence electrons. The van der Waals surface area contributed by atoms with E-state index in [0.717, 1.165) is 0 Å². The fourth-order valence-electron chi connectivity index (χ4n) is 0.501. The average molecular weight is 228 g/mol. The zero-order valence-corrected chi connectivity index (χ0v) is 7.42. The Labute approximate surface area is 65.5 Å². The first-order valence-electron chi connectivity index (χ1n) is 2.75. The molecule has 7 heteroatoms. The molecule has 0 aliphatic heterocycles. The fourth-order valence-corrected chi connectivity index (χ4v) is 2.28. The second kappa shape index (κ2) is 3.92. The molecule has 0 aliphatic carbocycles. The van der Waals surface area contributed by atoms with Crippen LogP contribution < -0.4 is 0 Å². The first-order valence-corrected chi connectivity index (χ1v) is 6.52. The van der Waals surface area contributed by atoms with Gasteiger partial charge in [-0.1, -0.05) is 0 Å². The number of hydrogen-bond donors (Lipinski definition) is 4. The van der Waals surface area contributed by atoms with E-state index in [1.165, 1.54) is 0 Å². The molecule has 1 unspecified atom stereocenters. The predicted octanol–water partition coefficient (Wildman–Crippen LogP) is -1.97. The molecular weight excluding hydrogens is 219 g/mol. The Morgan fingerprint density at radius 2 is 1.91 bits per heavy atom. The summed E-state index contributed by atoms with van der Waals surface area (Å²) < 4.78 is 27.0. The molecule has 0 aromatic carbocycles. The summed E-state index contributed by atoms with van der Waals surface area (Å²) >= 11 is -4.91. The van der Waals surface area contributed by atoms with Crippen molar-refractivity contribution in [3.8, 4) is 0 Å². The van der Waals surface area contributed by atoms with Crippen LogP contribution in [0, 0.1) is 5.92 Å². The normalized spacial score (nSPS) is 14.5. The topological polar surface area (TPSA) is 115 Å². The molecule has 0 aromatic rings. The van der Waals surface area contributed by atoms with Gasteiger partial charge in [-0.15, -0.1) is 0 Å². The van der Waals surface area contributed by atoms with Crippen LogP contribution in [-0.2, 0) is 8.53 Å². The number of carboxylic acids is 1. The van der Waals surface area contributed by atoms with Crippen LogP contribution in [0.3, 0.4) is 0 Å². The monoisotopic (exact) mass is 228 g/mol. The Hall–Kier alpha value is -0.292. The van der Waals surface area contributed by atoms with Crippen molar-refractivity contribution in [3.63, 3.8) is 0 Å². The molecule has 0 heterocycles. The van der Waals surface area contributed by atoms with Crippen molar-refractivity contribution in [1.29, 1.82) is 0 Å². The van der Waals surface area contributed by atoms with Gasteiger partial charge in [-0.3, -0.25) is 0 Å². The number of carbonyl (C=O) groups is 1. The van der Waals surface area contributed by atoms with Crippen LogP contribution in [0.5, 0.6) is 0 Å². The van der Waals surface area contributed by atoms with Gasteiger partial charge in [0.05, 0.1) is 0 Å². The molecular formula is C4H9AsO6. The SMILES string of the molecule is O=C(O)C(CO)C[As](=O)(O)O. The van der Waals surface area contributed by atoms with E-state index in [9.17, 15) is 8.53 Å². The molecule has 11 heavy (non-hydrogen) atoms. The number of aliphatic carboxylic acids is 1. The van der Waals surface area contributed by atoms with Crippen molar-refractivity contribution >= 4 is 20.1 Å². The first-order chi connectivity index (χ1) is 4.87. The molecule has 4 N–H and O–H groups in total.